The standard InChI is InChI=1S/C23H31N5O3/c1-17(22(30)27-10-4-5-11-27)25-23(31)28-14-12-26(13-15-28)21(29)9-8-18-16-24-20-7-3-2-6-19(18)20/h2-3,6-7,16-17,24H,4-5,8-15H2,1H3,(H,25,31). The van der Waals surface area contributed by atoms with Crippen molar-refractivity contribution < 1.29 is 14.4 Å². The summed E-state index contributed by atoms with van der Waals surface area (Å²) in [6.07, 6.45) is 5.19. The van der Waals surface area contributed by atoms with Gasteiger partial charge in [0.05, 0.1) is 0 Å². The molecule has 4 rings (SSSR count). The fourth-order valence-electron chi connectivity index (χ4n) is 4.45. The van der Waals surface area contributed by atoms with Crippen molar-refractivity contribution in [1.29, 1.82) is 0 Å². The number of fused-ring (bicyclic) bond motifs is 1. The number of piperazine rings is 1. The Balaban J connectivity index is 1.22. The highest BCUT2D eigenvalue weighted by Crippen LogP contribution is 2.19. The van der Waals surface area contributed by atoms with Gasteiger partial charge in [0.25, 0.3) is 0 Å². The van der Waals surface area contributed by atoms with E-state index in [1.54, 1.807) is 11.8 Å². The fraction of sp³-hybridized carbons (Fsp3) is 0.522. The molecule has 0 aliphatic carbocycles. The Kier molecular flexibility index (Phi) is 6.44. The summed E-state index contributed by atoms with van der Waals surface area (Å²) < 4.78 is 0. The van der Waals surface area contributed by atoms with E-state index in [2.05, 4.69) is 16.4 Å². The highest BCUT2D eigenvalue weighted by atomic mass is 16.2. The number of aromatic amines is 1. The first-order valence-corrected chi connectivity index (χ1v) is 11.2. The number of H-pyrrole nitrogens is 1. The molecule has 0 radical (unpaired) electrons. The van der Waals surface area contributed by atoms with Crippen LogP contribution in [-0.2, 0) is 16.0 Å². The molecule has 2 aliphatic rings. The van der Waals surface area contributed by atoms with Crippen LogP contribution in [0.1, 0.15) is 31.7 Å². The first-order valence-electron chi connectivity index (χ1n) is 11.2. The lowest BCUT2D eigenvalue weighted by Gasteiger charge is -2.35. The number of para-hydroxylation sites is 1. The molecule has 2 saturated heterocycles. The van der Waals surface area contributed by atoms with E-state index in [0.717, 1.165) is 42.4 Å². The minimum absolute atomic E-state index is 0.0167. The molecule has 1 aromatic heterocycles. The maximum atomic E-state index is 12.7. The zero-order valence-corrected chi connectivity index (χ0v) is 18.1. The summed E-state index contributed by atoms with van der Waals surface area (Å²) in [5.41, 5.74) is 2.24. The summed E-state index contributed by atoms with van der Waals surface area (Å²) in [6, 6.07) is 7.34. The number of aromatic nitrogens is 1. The lowest BCUT2D eigenvalue weighted by Crippen LogP contribution is -2.56. The van der Waals surface area contributed by atoms with Crippen molar-refractivity contribution in [3.63, 3.8) is 0 Å². The van der Waals surface area contributed by atoms with E-state index < -0.39 is 6.04 Å². The summed E-state index contributed by atoms with van der Waals surface area (Å²) in [7, 11) is 0. The van der Waals surface area contributed by atoms with Gasteiger partial charge in [-0.25, -0.2) is 4.79 Å². The minimum Gasteiger partial charge on any atom is -0.361 e. The van der Waals surface area contributed by atoms with Crippen molar-refractivity contribution in [2.75, 3.05) is 39.3 Å². The molecule has 2 aliphatic heterocycles. The van der Waals surface area contributed by atoms with Gasteiger partial charge < -0.3 is 25.0 Å². The third-order valence-corrected chi connectivity index (χ3v) is 6.33. The van der Waals surface area contributed by atoms with E-state index in [9.17, 15) is 14.4 Å². The number of benzene rings is 1. The molecule has 4 amide bonds. The van der Waals surface area contributed by atoms with Crippen molar-refractivity contribution in [1.82, 2.24) is 25.0 Å². The molecular weight excluding hydrogens is 394 g/mol. The molecular formula is C23H31N5O3. The van der Waals surface area contributed by atoms with Gasteiger partial charge in [0.2, 0.25) is 11.8 Å². The Morgan fingerprint density at radius 2 is 1.65 bits per heavy atom. The number of hydrogen-bond acceptors (Lipinski definition) is 3. The third kappa shape index (κ3) is 4.84. The number of rotatable bonds is 5. The van der Waals surface area contributed by atoms with E-state index in [4.69, 9.17) is 0 Å². The molecule has 8 nitrogen and oxygen atoms in total. The topological polar surface area (TPSA) is 88.7 Å². The highest BCUT2D eigenvalue weighted by molar-refractivity contribution is 5.87. The average molecular weight is 426 g/mol. The van der Waals surface area contributed by atoms with Gasteiger partial charge in [-0.15, -0.1) is 0 Å². The van der Waals surface area contributed by atoms with E-state index in [1.807, 2.05) is 34.2 Å². The zero-order chi connectivity index (χ0) is 21.8. The Bertz CT molecular complexity index is 942. The van der Waals surface area contributed by atoms with Crippen molar-refractivity contribution in [2.45, 2.75) is 38.6 Å². The average Bonchev–Trinajstić information content (AvgIpc) is 3.47. The molecule has 1 aromatic carbocycles. The van der Waals surface area contributed by atoms with Crippen LogP contribution in [0.5, 0.6) is 0 Å². The van der Waals surface area contributed by atoms with E-state index in [1.165, 1.54) is 0 Å². The summed E-state index contributed by atoms with van der Waals surface area (Å²) in [5, 5.41) is 3.98. The molecule has 0 spiro atoms. The van der Waals surface area contributed by atoms with Gasteiger partial charge >= 0.3 is 6.03 Å². The normalized spacial score (nSPS) is 17.8. The second-order valence-electron chi connectivity index (χ2n) is 8.43. The van der Waals surface area contributed by atoms with E-state index >= 15 is 0 Å². The Labute approximate surface area is 182 Å². The molecule has 2 N–H and O–H groups in total. The minimum atomic E-state index is -0.526. The monoisotopic (exact) mass is 425 g/mol. The first kappa shape index (κ1) is 21.2. The van der Waals surface area contributed by atoms with Crippen LogP contribution in [-0.4, -0.2) is 82.8 Å². The maximum absolute atomic E-state index is 12.7. The molecule has 1 atom stereocenters. The number of carbonyl (C=O) groups is 3. The molecule has 1 unspecified atom stereocenters. The van der Waals surface area contributed by atoms with E-state index in [0.29, 0.717) is 39.0 Å². The molecule has 0 saturated carbocycles. The number of aryl methyl sites for hydroxylation is 1. The van der Waals surface area contributed by atoms with Crippen LogP contribution in [0.25, 0.3) is 10.9 Å². The van der Waals surface area contributed by atoms with Crippen molar-refractivity contribution in [2.24, 2.45) is 0 Å². The van der Waals surface area contributed by atoms with Crippen LogP contribution in [0.4, 0.5) is 4.79 Å². The number of amides is 4. The Hall–Kier alpha value is -3.03. The van der Waals surface area contributed by atoms with Gasteiger partial charge in [0, 0.05) is 62.8 Å². The van der Waals surface area contributed by atoms with Crippen LogP contribution in [0.2, 0.25) is 0 Å². The van der Waals surface area contributed by atoms with Crippen LogP contribution >= 0.6 is 0 Å². The van der Waals surface area contributed by atoms with Gasteiger partial charge in [0.15, 0.2) is 0 Å². The zero-order valence-electron chi connectivity index (χ0n) is 18.1. The quantitative estimate of drug-likeness (QED) is 0.768. The fourth-order valence-corrected chi connectivity index (χ4v) is 4.45. The molecule has 31 heavy (non-hydrogen) atoms. The number of hydrogen-bond donors (Lipinski definition) is 2. The summed E-state index contributed by atoms with van der Waals surface area (Å²) in [4.78, 5) is 46.2. The number of nitrogens with zero attached hydrogens (tertiary/aromatic N) is 3. The number of nitrogens with one attached hydrogen (secondary N) is 2. The molecule has 3 heterocycles. The van der Waals surface area contributed by atoms with Crippen molar-refractivity contribution in [3.8, 4) is 0 Å². The smallest absolute Gasteiger partial charge is 0.318 e. The highest BCUT2D eigenvalue weighted by Gasteiger charge is 2.28. The second kappa shape index (κ2) is 9.41. The summed E-state index contributed by atoms with van der Waals surface area (Å²) in [5.74, 6) is 0.0971. The molecule has 2 fully saturated rings. The number of carbonyl (C=O) groups excluding carboxylic acids is 3. The molecule has 2 aromatic rings. The van der Waals surface area contributed by atoms with Crippen LogP contribution in [0.3, 0.4) is 0 Å². The Morgan fingerprint density at radius 3 is 2.39 bits per heavy atom. The summed E-state index contributed by atoms with van der Waals surface area (Å²) >= 11 is 0. The van der Waals surface area contributed by atoms with Gasteiger partial charge in [0.1, 0.15) is 6.04 Å². The molecule has 166 valence electrons. The van der Waals surface area contributed by atoms with Gasteiger partial charge in [-0.05, 0) is 37.8 Å². The largest absolute Gasteiger partial charge is 0.361 e. The predicted octanol–water partition coefficient (Wildman–Crippen LogP) is 1.97. The lowest BCUT2D eigenvalue weighted by molar-refractivity contribution is -0.132. The summed E-state index contributed by atoms with van der Waals surface area (Å²) in [6.45, 7) is 5.30. The number of urea groups is 1. The SMILES string of the molecule is CC(NC(=O)N1CCN(C(=O)CCc2c[nH]c3ccccc23)CC1)C(=O)N1CCCC1. The lowest BCUT2D eigenvalue weighted by atomic mass is 10.1. The maximum Gasteiger partial charge on any atom is 0.318 e. The van der Waals surface area contributed by atoms with Crippen molar-refractivity contribution in [3.05, 3.63) is 36.0 Å². The predicted molar refractivity (Wildman–Crippen MR) is 119 cm³/mol. The second-order valence-corrected chi connectivity index (χ2v) is 8.43. The Morgan fingerprint density at radius 1 is 0.968 bits per heavy atom. The third-order valence-electron chi connectivity index (χ3n) is 6.33. The van der Waals surface area contributed by atoms with Crippen molar-refractivity contribution >= 4 is 28.7 Å². The first-order chi connectivity index (χ1) is 15.0. The van der Waals surface area contributed by atoms with Gasteiger partial charge in [-0.1, -0.05) is 18.2 Å². The number of likely N-dealkylation sites (tertiary alicyclic amines) is 1. The van der Waals surface area contributed by atoms with E-state index in [-0.39, 0.29) is 17.8 Å². The van der Waals surface area contributed by atoms with Crippen LogP contribution < -0.4 is 5.32 Å². The van der Waals surface area contributed by atoms with Gasteiger partial charge in [-0.2, -0.15) is 0 Å². The molecule has 8 heteroatoms. The van der Waals surface area contributed by atoms with Gasteiger partial charge in [-0.3, -0.25) is 9.59 Å². The molecule has 0 bridgehead atoms. The van der Waals surface area contributed by atoms with Crippen LogP contribution in [0.15, 0.2) is 30.5 Å². The van der Waals surface area contributed by atoms with Crippen LogP contribution in [0, 0.1) is 0 Å².